The van der Waals surface area contributed by atoms with Gasteiger partial charge in [-0.25, -0.2) is 0 Å². The summed E-state index contributed by atoms with van der Waals surface area (Å²) < 4.78 is 5.73. The van der Waals surface area contributed by atoms with Gasteiger partial charge in [0.05, 0.1) is 11.7 Å². The van der Waals surface area contributed by atoms with Crippen LogP contribution in [0.5, 0.6) is 5.75 Å². The van der Waals surface area contributed by atoms with E-state index in [2.05, 4.69) is 0 Å². The number of hydrogen-bond donors (Lipinski definition) is 1. The lowest BCUT2D eigenvalue weighted by atomic mass is 9.72. The third-order valence-corrected chi connectivity index (χ3v) is 6.78. The van der Waals surface area contributed by atoms with E-state index in [0.29, 0.717) is 31.6 Å². The minimum Gasteiger partial charge on any atom is -0.507 e. The van der Waals surface area contributed by atoms with E-state index >= 15 is 0 Å². The van der Waals surface area contributed by atoms with Gasteiger partial charge in [-0.05, 0) is 56.1 Å². The Morgan fingerprint density at radius 1 is 1.29 bits per heavy atom. The first kappa shape index (κ1) is 19.2. The van der Waals surface area contributed by atoms with E-state index in [4.69, 9.17) is 4.74 Å². The van der Waals surface area contributed by atoms with Gasteiger partial charge in [0.25, 0.3) is 5.91 Å². The number of para-hydroxylation sites is 1. The van der Waals surface area contributed by atoms with Crippen molar-refractivity contribution < 1.29 is 19.4 Å². The second-order valence-electron chi connectivity index (χ2n) is 8.67. The number of piperidine rings is 2. The van der Waals surface area contributed by atoms with Crippen LogP contribution in [-0.2, 0) is 9.53 Å². The molecule has 4 rings (SSSR count). The fourth-order valence-electron chi connectivity index (χ4n) is 4.90. The van der Waals surface area contributed by atoms with Crippen LogP contribution in [0.3, 0.4) is 0 Å². The molecule has 0 unspecified atom stereocenters. The van der Waals surface area contributed by atoms with Crippen molar-refractivity contribution in [1.82, 2.24) is 9.80 Å². The zero-order valence-corrected chi connectivity index (χ0v) is 16.7. The van der Waals surface area contributed by atoms with Gasteiger partial charge in [-0.1, -0.05) is 12.1 Å². The predicted octanol–water partition coefficient (Wildman–Crippen LogP) is 2.72. The lowest BCUT2D eigenvalue weighted by Crippen LogP contribution is -2.53. The average Bonchev–Trinajstić information content (AvgIpc) is 3.20. The van der Waals surface area contributed by atoms with E-state index < -0.39 is 0 Å². The number of phenolic OH excluding ortho intramolecular Hbond substituents is 1. The Labute approximate surface area is 166 Å². The maximum atomic E-state index is 12.9. The normalized spacial score (nSPS) is 24.8. The smallest absolute Gasteiger partial charge is 0.257 e. The Hall–Kier alpha value is -2.08. The van der Waals surface area contributed by atoms with Crippen molar-refractivity contribution in [2.45, 2.75) is 51.6 Å². The minimum atomic E-state index is -0.0980. The molecule has 6 heteroatoms. The second-order valence-corrected chi connectivity index (χ2v) is 8.67. The van der Waals surface area contributed by atoms with Crippen molar-refractivity contribution in [2.75, 3.05) is 32.8 Å². The van der Waals surface area contributed by atoms with Gasteiger partial charge in [0.2, 0.25) is 5.91 Å². The summed E-state index contributed by atoms with van der Waals surface area (Å²) in [6, 6.07) is 5.31. The molecule has 0 aliphatic carbocycles. The number of amides is 2. The molecule has 2 amide bonds. The Kier molecular flexibility index (Phi) is 5.32. The number of rotatable bonds is 3. The number of nitrogens with zero attached hydrogens (tertiary/aromatic N) is 2. The van der Waals surface area contributed by atoms with E-state index in [1.165, 1.54) is 0 Å². The summed E-state index contributed by atoms with van der Waals surface area (Å²) in [6.45, 7) is 5.45. The molecule has 0 aromatic heterocycles. The van der Waals surface area contributed by atoms with E-state index in [1.807, 2.05) is 15.9 Å². The van der Waals surface area contributed by atoms with Gasteiger partial charge in [-0.3, -0.25) is 9.59 Å². The van der Waals surface area contributed by atoms with Crippen molar-refractivity contribution in [2.24, 2.45) is 5.41 Å². The molecule has 1 spiro atoms. The Balaban J connectivity index is 1.39. The number of ether oxygens (including phenoxy) is 1. The van der Waals surface area contributed by atoms with Gasteiger partial charge in [-0.2, -0.15) is 0 Å². The molecule has 1 atom stereocenters. The summed E-state index contributed by atoms with van der Waals surface area (Å²) in [5.41, 5.74) is 1.21. The molecule has 3 heterocycles. The third kappa shape index (κ3) is 3.75. The highest BCUT2D eigenvalue weighted by atomic mass is 16.5. The van der Waals surface area contributed by atoms with E-state index in [0.717, 1.165) is 50.8 Å². The maximum Gasteiger partial charge on any atom is 0.257 e. The van der Waals surface area contributed by atoms with Gasteiger partial charge in [0.1, 0.15) is 5.75 Å². The third-order valence-electron chi connectivity index (χ3n) is 6.78. The number of phenols is 1. The molecule has 1 aromatic rings. The first-order chi connectivity index (χ1) is 13.5. The van der Waals surface area contributed by atoms with Gasteiger partial charge in [0, 0.05) is 39.2 Å². The second kappa shape index (κ2) is 7.74. The van der Waals surface area contributed by atoms with Crippen molar-refractivity contribution in [1.29, 1.82) is 0 Å². The van der Waals surface area contributed by atoms with Crippen LogP contribution in [0.1, 0.15) is 54.4 Å². The van der Waals surface area contributed by atoms with Gasteiger partial charge >= 0.3 is 0 Å². The van der Waals surface area contributed by atoms with Crippen LogP contribution >= 0.6 is 0 Å². The van der Waals surface area contributed by atoms with Gasteiger partial charge in [-0.15, -0.1) is 0 Å². The molecule has 3 saturated heterocycles. The number of likely N-dealkylation sites (tertiary alicyclic amines) is 2. The van der Waals surface area contributed by atoms with E-state index in [-0.39, 0.29) is 29.1 Å². The van der Waals surface area contributed by atoms with Crippen molar-refractivity contribution in [3.63, 3.8) is 0 Å². The standard InChI is InChI=1S/C22H30N2O4/c1-16-4-2-6-18(20(16)26)21(27)23-11-9-22(10-12-23)8-7-19(25)24(15-22)14-17-5-3-13-28-17/h2,4,6,17,26H,3,5,7-15H2,1H3/t17-/m0/s1. The Morgan fingerprint density at radius 2 is 2.07 bits per heavy atom. The molecule has 1 N–H and O–H groups in total. The maximum absolute atomic E-state index is 12.9. The molecular formula is C22H30N2O4. The summed E-state index contributed by atoms with van der Waals surface area (Å²) in [4.78, 5) is 29.1. The average molecular weight is 386 g/mol. The van der Waals surface area contributed by atoms with Gasteiger partial charge < -0.3 is 19.6 Å². The molecule has 3 aliphatic rings. The summed E-state index contributed by atoms with van der Waals surface area (Å²) in [7, 11) is 0. The van der Waals surface area contributed by atoms with Gasteiger partial charge in [0.15, 0.2) is 0 Å². The van der Waals surface area contributed by atoms with Crippen LogP contribution in [0.4, 0.5) is 0 Å². The highest BCUT2D eigenvalue weighted by Gasteiger charge is 2.42. The minimum absolute atomic E-state index is 0.0822. The number of carbonyl (C=O) groups is 2. The summed E-state index contributed by atoms with van der Waals surface area (Å²) in [5.74, 6) is 0.224. The SMILES string of the molecule is Cc1cccc(C(=O)N2CCC3(CCC(=O)N(C[C@@H]4CCCO4)C3)CC2)c1O. The van der Waals surface area contributed by atoms with Crippen molar-refractivity contribution in [3.8, 4) is 5.75 Å². The van der Waals surface area contributed by atoms with E-state index in [9.17, 15) is 14.7 Å². The highest BCUT2D eigenvalue weighted by molar-refractivity contribution is 5.97. The number of aryl methyl sites for hydroxylation is 1. The first-order valence-corrected chi connectivity index (χ1v) is 10.4. The fraction of sp³-hybridized carbons (Fsp3) is 0.636. The topological polar surface area (TPSA) is 70.1 Å². The number of hydrogen-bond acceptors (Lipinski definition) is 4. The Bertz CT molecular complexity index is 749. The number of benzene rings is 1. The van der Waals surface area contributed by atoms with Crippen LogP contribution in [0.2, 0.25) is 0 Å². The van der Waals surface area contributed by atoms with Crippen LogP contribution in [0.15, 0.2) is 18.2 Å². The van der Waals surface area contributed by atoms with E-state index in [1.54, 1.807) is 19.1 Å². The summed E-state index contributed by atoms with van der Waals surface area (Å²) >= 11 is 0. The molecule has 1 aromatic carbocycles. The van der Waals surface area contributed by atoms with Crippen LogP contribution in [-0.4, -0.2) is 65.6 Å². The van der Waals surface area contributed by atoms with Crippen molar-refractivity contribution >= 4 is 11.8 Å². The molecule has 0 radical (unpaired) electrons. The zero-order chi connectivity index (χ0) is 19.7. The lowest BCUT2D eigenvalue weighted by Gasteiger charge is -2.47. The highest BCUT2D eigenvalue weighted by Crippen LogP contribution is 2.41. The molecule has 3 aliphatic heterocycles. The quantitative estimate of drug-likeness (QED) is 0.867. The molecule has 28 heavy (non-hydrogen) atoms. The molecule has 0 saturated carbocycles. The number of aromatic hydroxyl groups is 1. The molecule has 3 fully saturated rings. The predicted molar refractivity (Wildman–Crippen MR) is 105 cm³/mol. The molecule has 6 nitrogen and oxygen atoms in total. The van der Waals surface area contributed by atoms with Crippen LogP contribution < -0.4 is 0 Å². The summed E-state index contributed by atoms with van der Waals surface area (Å²) in [5, 5.41) is 10.2. The monoisotopic (exact) mass is 386 g/mol. The van der Waals surface area contributed by atoms with Crippen LogP contribution in [0, 0.1) is 12.3 Å². The number of carbonyl (C=O) groups excluding carboxylic acids is 2. The van der Waals surface area contributed by atoms with Crippen molar-refractivity contribution in [3.05, 3.63) is 29.3 Å². The molecule has 152 valence electrons. The summed E-state index contributed by atoms with van der Waals surface area (Å²) in [6.07, 6.45) is 5.62. The largest absolute Gasteiger partial charge is 0.507 e. The zero-order valence-electron chi connectivity index (χ0n) is 16.7. The van der Waals surface area contributed by atoms with Crippen LogP contribution in [0.25, 0.3) is 0 Å². The lowest BCUT2D eigenvalue weighted by molar-refractivity contribution is -0.141. The Morgan fingerprint density at radius 3 is 2.79 bits per heavy atom. The first-order valence-electron chi connectivity index (χ1n) is 10.4. The molecular weight excluding hydrogens is 356 g/mol. The fourth-order valence-corrected chi connectivity index (χ4v) is 4.90. The molecule has 0 bridgehead atoms.